The molecular weight excluding hydrogens is 515 g/mol. The largest absolute Gasteiger partial charge is 0.466 e. The summed E-state index contributed by atoms with van der Waals surface area (Å²) in [5.41, 5.74) is -3.69. The molecule has 1 aromatic heterocycles. The molecule has 6 nitrogen and oxygen atoms in total. The highest BCUT2D eigenvalue weighted by molar-refractivity contribution is 6.42. The third kappa shape index (κ3) is 6.42. The molecule has 1 heterocycles. The zero-order chi connectivity index (χ0) is 25.3. The summed E-state index contributed by atoms with van der Waals surface area (Å²) in [5.74, 6) is -2.40. The van der Waals surface area contributed by atoms with Gasteiger partial charge in [-0.3, -0.25) is 4.79 Å². The third-order valence-electron chi connectivity index (χ3n) is 4.96. The molecule has 0 aliphatic heterocycles. The van der Waals surface area contributed by atoms with E-state index in [1.165, 1.54) is 12.1 Å². The lowest BCUT2D eigenvalue weighted by Crippen LogP contribution is -2.45. The molecule has 2 aromatic rings. The van der Waals surface area contributed by atoms with Crippen molar-refractivity contribution in [2.45, 2.75) is 50.2 Å². The molecule has 0 saturated heterocycles. The number of hydrogen-bond donors (Lipinski definition) is 2. The summed E-state index contributed by atoms with van der Waals surface area (Å²) in [6, 6.07) is 2.77. The summed E-state index contributed by atoms with van der Waals surface area (Å²) >= 11 is 11.8. The molecule has 14 heteroatoms. The lowest BCUT2D eigenvalue weighted by Gasteiger charge is -2.28. The molecule has 186 valence electrons. The van der Waals surface area contributed by atoms with Crippen LogP contribution in [0.25, 0.3) is 11.3 Å². The van der Waals surface area contributed by atoms with Crippen molar-refractivity contribution in [3.8, 4) is 17.1 Å². The van der Waals surface area contributed by atoms with Crippen LogP contribution in [0.3, 0.4) is 0 Å². The minimum Gasteiger partial charge on any atom is -0.466 e. The van der Waals surface area contributed by atoms with E-state index in [2.05, 4.69) is 20.0 Å². The van der Waals surface area contributed by atoms with E-state index >= 15 is 0 Å². The number of hydrogen-bond acceptors (Lipinski definition) is 5. The Morgan fingerprint density at radius 2 is 1.76 bits per heavy atom. The Morgan fingerprint density at radius 1 is 1.09 bits per heavy atom. The van der Waals surface area contributed by atoms with Crippen molar-refractivity contribution in [1.29, 1.82) is 0 Å². The Bertz CT molecular complexity index is 1070. The number of ether oxygens (including phenoxy) is 1. The predicted octanol–water partition coefficient (Wildman–Crippen LogP) is 5.44. The van der Waals surface area contributed by atoms with E-state index in [1.807, 2.05) is 0 Å². The first-order chi connectivity index (χ1) is 15.8. The Labute approximate surface area is 199 Å². The highest BCUT2D eigenvalue weighted by Gasteiger charge is 2.41. The molecule has 0 bridgehead atoms. The molecule has 1 amide bonds. The number of rotatable bonds is 5. The van der Waals surface area contributed by atoms with E-state index in [9.17, 15) is 36.2 Å². The molecule has 1 fully saturated rings. The number of aliphatic hydroxyl groups excluding tert-OH is 1. The van der Waals surface area contributed by atoms with Gasteiger partial charge in [-0.15, -0.1) is 0 Å². The number of carbonyl (C=O) groups excluding carboxylic acids is 1. The minimum absolute atomic E-state index is 0.0623. The summed E-state index contributed by atoms with van der Waals surface area (Å²) < 4.78 is 83.8. The second-order valence-corrected chi connectivity index (χ2v) is 8.35. The number of benzene rings is 1. The van der Waals surface area contributed by atoms with Crippen LogP contribution in [0.2, 0.25) is 10.0 Å². The van der Waals surface area contributed by atoms with Crippen molar-refractivity contribution < 1.29 is 41.0 Å². The van der Waals surface area contributed by atoms with Crippen LogP contribution >= 0.6 is 23.2 Å². The molecule has 2 N–H and O–H groups in total. The van der Waals surface area contributed by atoms with Crippen LogP contribution in [-0.4, -0.2) is 45.9 Å². The van der Waals surface area contributed by atoms with Crippen molar-refractivity contribution in [2.75, 3.05) is 6.61 Å². The molecule has 0 radical (unpaired) electrons. The second-order valence-electron chi connectivity index (χ2n) is 7.54. The SMILES string of the molecule is O=C(N[C@@H]1CCCC[C@H]1O)c1nc(-c2ccc(Cl)c(Cl)c2)c(OCC(F)(F)F)nc1C(F)(F)F. The number of nitrogens with one attached hydrogen (secondary N) is 1. The van der Waals surface area contributed by atoms with E-state index in [-0.39, 0.29) is 15.6 Å². The highest BCUT2D eigenvalue weighted by atomic mass is 35.5. The molecule has 34 heavy (non-hydrogen) atoms. The Kier molecular flexibility index (Phi) is 7.83. The van der Waals surface area contributed by atoms with Crippen LogP contribution in [0.15, 0.2) is 18.2 Å². The Hall–Kier alpha value is -2.31. The van der Waals surface area contributed by atoms with Gasteiger partial charge in [-0.1, -0.05) is 42.1 Å². The molecule has 1 aromatic carbocycles. The first-order valence-electron chi connectivity index (χ1n) is 9.89. The molecule has 3 rings (SSSR count). The van der Waals surface area contributed by atoms with Crippen LogP contribution in [0.5, 0.6) is 5.88 Å². The minimum atomic E-state index is -5.25. The van der Waals surface area contributed by atoms with E-state index in [4.69, 9.17) is 23.2 Å². The lowest BCUT2D eigenvalue weighted by atomic mass is 9.92. The van der Waals surface area contributed by atoms with Gasteiger partial charge < -0.3 is 15.2 Å². The fourth-order valence-corrected chi connectivity index (χ4v) is 3.67. The second kappa shape index (κ2) is 10.1. The average Bonchev–Trinajstić information content (AvgIpc) is 2.74. The van der Waals surface area contributed by atoms with Gasteiger partial charge in [-0.25, -0.2) is 9.97 Å². The summed E-state index contributed by atoms with van der Waals surface area (Å²) in [6.07, 6.45) is -9.11. The molecule has 1 aliphatic rings. The summed E-state index contributed by atoms with van der Waals surface area (Å²) in [5, 5.41) is 12.4. The number of nitrogens with zero attached hydrogens (tertiary/aromatic N) is 2. The zero-order valence-corrected chi connectivity index (χ0v) is 18.6. The topological polar surface area (TPSA) is 84.3 Å². The van der Waals surface area contributed by atoms with Gasteiger partial charge >= 0.3 is 12.4 Å². The number of carbonyl (C=O) groups is 1. The maximum absolute atomic E-state index is 13.7. The normalized spacial score (nSPS) is 19.1. The van der Waals surface area contributed by atoms with Crippen molar-refractivity contribution in [2.24, 2.45) is 0 Å². The number of aliphatic hydroxyl groups is 1. The maximum atomic E-state index is 13.7. The van der Waals surface area contributed by atoms with Crippen LogP contribution in [-0.2, 0) is 6.18 Å². The van der Waals surface area contributed by atoms with Crippen molar-refractivity contribution in [1.82, 2.24) is 15.3 Å². The quantitative estimate of drug-likeness (QED) is 0.501. The van der Waals surface area contributed by atoms with Gasteiger partial charge in [0.25, 0.3) is 5.91 Å². The van der Waals surface area contributed by atoms with Gasteiger partial charge in [-0.2, -0.15) is 26.3 Å². The number of alkyl halides is 6. The zero-order valence-electron chi connectivity index (χ0n) is 17.1. The van der Waals surface area contributed by atoms with Gasteiger partial charge in [0, 0.05) is 5.56 Å². The third-order valence-corrected chi connectivity index (χ3v) is 5.70. The maximum Gasteiger partial charge on any atom is 0.435 e. The van der Waals surface area contributed by atoms with E-state index in [1.54, 1.807) is 0 Å². The Morgan fingerprint density at radius 3 is 2.35 bits per heavy atom. The van der Waals surface area contributed by atoms with Crippen LogP contribution in [0.1, 0.15) is 41.9 Å². The van der Waals surface area contributed by atoms with Gasteiger partial charge in [0.2, 0.25) is 5.88 Å². The van der Waals surface area contributed by atoms with E-state index in [0.29, 0.717) is 25.7 Å². The van der Waals surface area contributed by atoms with Crippen molar-refractivity contribution >= 4 is 29.1 Å². The van der Waals surface area contributed by atoms with Crippen molar-refractivity contribution in [3.63, 3.8) is 0 Å². The first kappa shape index (κ1) is 26.3. The monoisotopic (exact) mass is 531 g/mol. The fourth-order valence-electron chi connectivity index (χ4n) is 3.37. The lowest BCUT2D eigenvalue weighted by molar-refractivity contribution is -0.154. The van der Waals surface area contributed by atoms with Gasteiger partial charge in [0.1, 0.15) is 5.69 Å². The molecule has 0 unspecified atom stereocenters. The van der Waals surface area contributed by atoms with Gasteiger partial charge in [0.05, 0.1) is 22.2 Å². The predicted molar refractivity (Wildman–Crippen MR) is 110 cm³/mol. The fraction of sp³-hybridized carbons (Fsp3) is 0.450. The average molecular weight is 532 g/mol. The van der Waals surface area contributed by atoms with Crippen LogP contribution < -0.4 is 10.1 Å². The van der Waals surface area contributed by atoms with E-state index < -0.39 is 60.0 Å². The van der Waals surface area contributed by atoms with Gasteiger partial charge in [-0.05, 0) is 25.0 Å². The molecular formula is C20H17Cl2F6N3O3. The van der Waals surface area contributed by atoms with Crippen LogP contribution in [0.4, 0.5) is 26.3 Å². The number of aromatic nitrogens is 2. The molecule has 2 atom stereocenters. The molecule has 1 saturated carbocycles. The first-order valence-corrected chi connectivity index (χ1v) is 10.6. The summed E-state index contributed by atoms with van der Waals surface area (Å²) in [6.45, 7) is -1.95. The summed E-state index contributed by atoms with van der Waals surface area (Å²) in [7, 11) is 0. The smallest absolute Gasteiger partial charge is 0.435 e. The van der Waals surface area contributed by atoms with Gasteiger partial charge in [0.15, 0.2) is 18.0 Å². The highest BCUT2D eigenvalue weighted by Crippen LogP contribution is 2.37. The summed E-state index contributed by atoms with van der Waals surface area (Å²) in [4.78, 5) is 19.7. The van der Waals surface area contributed by atoms with Crippen LogP contribution in [0, 0.1) is 0 Å². The van der Waals surface area contributed by atoms with E-state index in [0.717, 1.165) is 6.07 Å². The Balaban J connectivity index is 2.12. The molecule has 1 aliphatic carbocycles. The standard InChI is InChI=1S/C20H17Cl2F6N3O3/c21-10-6-5-9(7-11(10)22)14-18(34-8-19(23,24)25)31-16(20(26,27)28)15(30-14)17(33)29-12-3-1-2-4-13(12)32/h5-7,12-13,32H,1-4,8H2,(H,29,33)/t12-,13-/m1/s1. The number of halogens is 8. The number of amides is 1. The molecule has 0 spiro atoms. The van der Waals surface area contributed by atoms with Crippen molar-refractivity contribution in [3.05, 3.63) is 39.6 Å².